The van der Waals surface area contributed by atoms with Crippen LogP contribution in [-0.2, 0) is 11.3 Å². The van der Waals surface area contributed by atoms with Gasteiger partial charge in [0, 0.05) is 38.1 Å². The van der Waals surface area contributed by atoms with Gasteiger partial charge in [-0.2, -0.15) is 0 Å². The highest BCUT2D eigenvalue weighted by Gasteiger charge is 2.29. The fourth-order valence-electron chi connectivity index (χ4n) is 2.49. The van der Waals surface area contributed by atoms with Crippen LogP contribution in [0.5, 0.6) is 5.75 Å². The number of amides is 1. The van der Waals surface area contributed by atoms with Crippen molar-refractivity contribution >= 4 is 17.5 Å². The lowest BCUT2D eigenvalue weighted by atomic mass is 9.94. The Morgan fingerprint density at radius 2 is 1.86 bits per heavy atom. The van der Waals surface area contributed by atoms with Crippen LogP contribution in [0.4, 0.5) is 0 Å². The van der Waals surface area contributed by atoms with E-state index in [1.165, 1.54) is 0 Å². The number of benzene rings is 1. The first kappa shape index (κ1) is 16.1. The molecule has 1 aliphatic heterocycles. The van der Waals surface area contributed by atoms with E-state index < -0.39 is 0 Å². The Kier molecular flexibility index (Phi) is 4.79. The third-order valence-corrected chi connectivity index (χ3v) is 4.02. The van der Waals surface area contributed by atoms with E-state index in [4.69, 9.17) is 11.6 Å². The normalized spacial score (nSPS) is 17.0. The van der Waals surface area contributed by atoms with Crippen molar-refractivity contribution in [2.24, 2.45) is 5.41 Å². The van der Waals surface area contributed by atoms with Gasteiger partial charge < -0.3 is 10.0 Å². The van der Waals surface area contributed by atoms with E-state index >= 15 is 0 Å². The fourth-order valence-corrected chi connectivity index (χ4v) is 2.69. The Labute approximate surface area is 131 Å². The number of nitrogens with zero attached hydrogens (tertiary/aromatic N) is 2. The summed E-state index contributed by atoms with van der Waals surface area (Å²) in [6, 6.07) is 5.30. The molecule has 4 nitrogen and oxygen atoms in total. The Bertz CT molecular complexity index is 517. The van der Waals surface area contributed by atoms with E-state index in [0.29, 0.717) is 5.02 Å². The Hall–Kier alpha value is -1.26. The summed E-state index contributed by atoms with van der Waals surface area (Å²) < 4.78 is 0. The molecule has 0 spiro atoms. The summed E-state index contributed by atoms with van der Waals surface area (Å²) in [4.78, 5) is 16.5. The van der Waals surface area contributed by atoms with Crippen molar-refractivity contribution in [3.8, 4) is 5.75 Å². The van der Waals surface area contributed by atoms with Crippen molar-refractivity contribution in [2.75, 3.05) is 26.2 Å². The Morgan fingerprint density at radius 3 is 2.38 bits per heavy atom. The summed E-state index contributed by atoms with van der Waals surface area (Å²) >= 11 is 5.93. The highest BCUT2D eigenvalue weighted by atomic mass is 35.5. The van der Waals surface area contributed by atoms with Crippen molar-refractivity contribution < 1.29 is 9.90 Å². The summed E-state index contributed by atoms with van der Waals surface area (Å²) in [5.74, 6) is 0.329. The number of phenols is 1. The number of hydrogen-bond acceptors (Lipinski definition) is 3. The van der Waals surface area contributed by atoms with Gasteiger partial charge in [-0.05, 0) is 17.7 Å². The first-order valence-electron chi connectivity index (χ1n) is 7.26. The number of carbonyl (C=O) groups is 1. The van der Waals surface area contributed by atoms with Crippen LogP contribution >= 0.6 is 11.6 Å². The quantitative estimate of drug-likeness (QED) is 0.913. The molecule has 0 aromatic heterocycles. The van der Waals surface area contributed by atoms with Crippen molar-refractivity contribution in [1.29, 1.82) is 0 Å². The van der Waals surface area contributed by atoms with Crippen molar-refractivity contribution in [3.05, 3.63) is 28.8 Å². The largest absolute Gasteiger partial charge is 0.506 e. The fraction of sp³-hybridized carbons (Fsp3) is 0.562. The third-order valence-electron chi connectivity index (χ3n) is 3.72. The second kappa shape index (κ2) is 6.24. The third kappa shape index (κ3) is 4.11. The molecule has 1 N–H and O–H groups in total. The molecule has 21 heavy (non-hydrogen) atoms. The molecule has 1 aromatic carbocycles. The van der Waals surface area contributed by atoms with Crippen LogP contribution in [0, 0.1) is 5.41 Å². The van der Waals surface area contributed by atoms with E-state index in [1.807, 2.05) is 31.7 Å². The van der Waals surface area contributed by atoms with E-state index in [1.54, 1.807) is 12.1 Å². The summed E-state index contributed by atoms with van der Waals surface area (Å²) in [6.07, 6.45) is 0. The lowest BCUT2D eigenvalue weighted by Gasteiger charge is -2.37. The zero-order chi connectivity index (χ0) is 15.6. The Morgan fingerprint density at radius 1 is 1.24 bits per heavy atom. The van der Waals surface area contributed by atoms with Gasteiger partial charge in [-0.3, -0.25) is 9.69 Å². The van der Waals surface area contributed by atoms with Gasteiger partial charge in [0.05, 0.1) is 5.02 Å². The number of rotatable bonds is 2. The van der Waals surface area contributed by atoms with Crippen LogP contribution in [-0.4, -0.2) is 47.0 Å². The maximum Gasteiger partial charge on any atom is 0.228 e. The molecule has 5 heteroatoms. The molecule has 0 saturated carbocycles. The van der Waals surface area contributed by atoms with Gasteiger partial charge in [-0.25, -0.2) is 0 Å². The van der Waals surface area contributed by atoms with Crippen LogP contribution in [0.1, 0.15) is 26.3 Å². The maximum atomic E-state index is 12.2. The monoisotopic (exact) mass is 310 g/mol. The minimum atomic E-state index is -0.313. The zero-order valence-electron chi connectivity index (χ0n) is 12.9. The molecule has 2 rings (SSSR count). The summed E-state index contributed by atoms with van der Waals surface area (Å²) in [5.41, 5.74) is 0.764. The van der Waals surface area contributed by atoms with Gasteiger partial charge in [0.15, 0.2) is 0 Å². The number of piperazine rings is 1. The molecular weight excluding hydrogens is 288 g/mol. The number of aromatic hydroxyl groups is 1. The number of halogens is 1. The highest BCUT2D eigenvalue weighted by Crippen LogP contribution is 2.25. The molecule has 1 saturated heterocycles. The maximum absolute atomic E-state index is 12.2. The lowest BCUT2D eigenvalue weighted by molar-refractivity contribution is -0.141. The molecule has 1 amide bonds. The van der Waals surface area contributed by atoms with Crippen LogP contribution < -0.4 is 0 Å². The number of carbonyl (C=O) groups excluding carboxylic acids is 1. The average molecular weight is 311 g/mol. The molecule has 116 valence electrons. The average Bonchev–Trinajstić information content (AvgIpc) is 2.42. The van der Waals surface area contributed by atoms with E-state index in [9.17, 15) is 9.90 Å². The highest BCUT2D eigenvalue weighted by molar-refractivity contribution is 6.32. The second-order valence-electron chi connectivity index (χ2n) is 6.60. The van der Waals surface area contributed by atoms with E-state index in [0.717, 1.165) is 38.3 Å². The van der Waals surface area contributed by atoms with Crippen molar-refractivity contribution in [3.63, 3.8) is 0 Å². The van der Waals surface area contributed by atoms with Gasteiger partial charge in [0.2, 0.25) is 5.91 Å². The van der Waals surface area contributed by atoms with Crippen LogP contribution in [0.15, 0.2) is 18.2 Å². The molecular formula is C16H23ClN2O2. The van der Waals surface area contributed by atoms with E-state index in [-0.39, 0.29) is 17.1 Å². The summed E-state index contributed by atoms with van der Waals surface area (Å²) in [7, 11) is 0. The van der Waals surface area contributed by atoms with Gasteiger partial charge in [-0.1, -0.05) is 38.4 Å². The zero-order valence-corrected chi connectivity index (χ0v) is 13.7. The minimum absolute atomic E-state index is 0.112. The van der Waals surface area contributed by atoms with Crippen LogP contribution in [0.2, 0.25) is 5.02 Å². The molecule has 1 aliphatic rings. The van der Waals surface area contributed by atoms with Crippen molar-refractivity contribution in [2.45, 2.75) is 27.3 Å². The molecule has 0 aliphatic carbocycles. The standard InChI is InChI=1S/C16H23ClN2O2/c1-16(2,3)15(21)19-8-6-18(7-9-19)11-12-4-5-14(20)13(17)10-12/h4-5,10,20H,6-9,11H2,1-3H3. The predicted molar refractivity (Wildman–Crippen MR) is 84.4 cm³/mol. The molecule has 1 fully saturated rings. The topological polar surface area (TPSA) is 43.8 Å². The van der Waals surface area contributed by atoms with Gasteiger partial charge in [-0.15, -0.1) is 0 Å². The first-order valence-corrected chi connectivity index (χ1v) is 7.64. The SMILES string of the molecule is CC(C)(C)C(=O)N1CCN(Cc2ccc(O)c(Cl)c2)CC1. The molecule has 0 radical (unpaired) electrons. The van der Waals surface area contributed by atoms with Gasteiger partial charge in [0.1, 0.15) is 5.75 Å². The Balaban J connectivity index is 1.89. The van der Waals surface area contributed by atoms with Crippen molar-refractivity contribution in [1.82, 2.24) is 9.80 Å². The summed E-state index contributed by atoms with van der Waals surface area (Å²) in [5, 5.41) is 9.82. The van der Waals surface area contributed by atoms with Gasteiger partial charge >= 0.3 is 0 Å². The minimum Gasteiger partial charge on any atom is -0.506 e. The molecule has 0 atom stereocenters. The molecule has 1 aromatic rings. The molecule has 0 unspecified atom stereocenters. The molecule has 0 bridgehead atoms. The smallest absolute Gasteiger partial charge is 0.228 e. The van der Waals surface area contributed by atoms with Gasteiger partial charge in [0.25, 0.3) is 0 Å². The number of phenolic OH excluding ortho intramolecular Hbond substituents is 1. The predicted octanol–water partition coefficient (Wildman–Crippen LogP) is 2.74. The van der Waals surface area contributed by atoms with E-state index in [2.05, 4.69) is 4.90 Å². The second-order valence-corrected chi connectivity index (χ2v) is 7.01. The first-order chi connectivity index (χ1) is 9.77. The number of hydrogen-bond donors (Lipinski definition) is 1. The summed E-state index contributed by atoms with van der Waals surface area (Å²) in [6.45, 7) is 9.92. The molecule has 1 heterocycles. The van der Waals surface area contributed by atoms with Crippen LogP contribution in [0.25, 0.3) is 0 Å². The van der Waals surface area contributed by atoms with Crippen LogP contribution in [0.3, 0.4) is 0 Å². The lowest BCUT2D eigenvalue weighted by Crippen LogP contribution is -2.51.